The van der Waals surface area contributed by atoms with Crippen LogP contribution in [0.3, 0.4) is 0 Å². The highest BCUT2D eigenvalue weighted by molar-refractivity contribution is 5.74. The van der Waals surface area contributed by atoms with E-state index in [9.17, 15) is 4.79 Å². The monoisotopic (exact) mass is 307 g/mol. The number of amides is 2. The summed E-state index contributed by atoms with van der Waals surface area (Å²) >= 11 is 0. The summed E-state index contributed by atoms with van der Waals surface area (Å²) in [4.78, 5) is 12.0. The van der Waals surface area contributed by atoms with Crippen LogP contribution in [-0.4, -0.2) is 32.3 Å². The SMILES string of the molecule is COCCNc1ccccc1CNC(=O)N[C@@H](C)C(C)(C)C. The Balaban J connectivity index is 2.52. The maximum atomic E-state index is 12.0. The largest absolute Gasteiger partial charge is 0.383 e. The van der Waals surface area contributed by atoms with Gasteiger partial charge in [0.1, 0.15) is 0 Å². The van der Waals surface area contributed by atoms with Crippen molar-refractivity contribution in [3.05, 3.63) is 29.8 Å². The number of anilines is 1. The Labute approximate surface area is 133 Å². The Morgan fingerprint density at radius 1 is 1.27 bits per heavy atom. The second-order valence-corrected chi connectivity index (χ2v) is 6.49. The number of benzene rings is 1. The molecule has 0 radical (unpaired) electrons. The van der Waals surface area contributed by atoms with E-state index >= 15 is 0 Å². The third-order valence-corrected chi connectivity index (χ3v) is 3.73. The average Bonchev–Trinajstić information content (AvgIpc) is 2.45. The third kappa shape index (κ3) is 6.35. The molecule has 0 fully saturated rings. The zero-order valence-electron chi connectivity index (χ0n) is 14.3. The van der Waals surface area contributed by atoms with E-state index in [1.165, 1.54) is 0 Å². The zero-order valence-corrected chi connectivity index (χ0v) is 14.3. The topological polar surface area (TPSA) is 62.4 Å². The number of para-hydroxylation sites is 1. The summed E-state index contributed by atoms with van der Waals surface area (Å²) in [6, 6.07) is 7.90. The number of ether oxygens (including phenoxy) is 1. The summed E-state index contributed by atoms with van der Waals surface area (Å²) in [6.07, 6.45) is 0. The van der Waals surface area contributed by atoms with Crippen molar-refractivity contribution in [1.82, 2.24) is 10.6 Å². The number of methoxy groups -OCH3 is 1. The van der Waals surface area contributed by atoms with E-state index in [0.29, 0.717) is 13.2 Å². The van der Waals surface area contributed by atoms with E-state index < -0.39 is 0 Å². The van der Waals surface area contributed by atoms with Gasteiger partial charge in [-0.1, -0.05) is 39.0 Å². The number of hydrogen-bond donors (Lipinski definition) is 3. The van der Waals surface area contributed by atoms with Crippen molar-refractivity contribution < 1.29 is 9.53 Å². The molecule has 2 amide bonds. The number of nitrogens with one attached hydrogen (secondary N) is 3. The fourth-order valence-corrected chi connectivity index (χ4v) is 1.77. The smallest absolute Gasteiger partial charge is 0.315 e. The fraction of sp³-hybridized carbons (Fsp3) is 0.588. The minimum atomic E-state index is -0.144. The van der Waals surface area contributed by atoms with E-state index in [2.05, 4.69) is 36.7 Å². The van der Waals surface area contributed by atoms with Crippen LogP contribution in [0.15, 0.2) is 24.3 Å². The quantitative estimate of drug-likeness (QED) is 0.679. The molecule has 0 saturated carbocycles. The summed E-state index contributed by atoms with van der Waals surface area (Å²) in [6.45, 7) is 10.2. The van der Waals surface area contributed by atoms with Crippen LogP contribution in [0.25, 0.3) is 0 Å². The molecule has 0 saturated heterocycles. The van der Waals surface area contributed by atoms with Crippen molar-refractivity contribution in [1.29, 1.82) is 0 Å². The van der Waals surface area contributed by atoms with Crippen LogP contribution in [0.5, 0.6) is 0 Å². The lowest BCUT2D eigenvalue weighted by molar-refractivity contribution is 0.210. The van der Waals surface area contributed by atoms with E-state index in [-0.39, 0.29) is 17.5 Å². The maximum absolute atomic E-state index is 12.0. The molecule has 5 nitrogen and oxygen atoms in total. The molecule has 0 spiro atoms. The molecule has 1 rings (SSSR count). The standard InChI is InChI=1S/C17H29N3O2/c1-13(17(2,3)4)20-16(21)19-12-14-8-6-7-9-15(14)18-10-11-22-5/h6-9,13,18H,10-12H2,1-5H3,(H2,19,20,21)/t13-/m0/s1. The van der Waals surface area contributed by atoms with Crippen LogP contribution < -0.4 is 16.0 Å². The number of carbonyl (C=O) groups excluding carboxylic acids is 1. The van der Waals surface area contributed by atoms with Gasteiger partial charge in [-0.15, -0.1) is 0 Å². The molecule has 0 aliphatic rings. The summed E-state index contributed by atoms with van der Waals surface area (Å²) in [5.74, 6) is 0. The normalized spacial score (nSPS) is 12.6. The minimum Gasteiger partial charge on any atom is -0.383 e. The summed E-state index contributed by atoms with van der Waals surface area (Å²) < 4.78 is 5.03. The van der Waals surface area contributed by atoms with Gasteiger partial charge in [-0.25, -0.2) is 4.79 Å². The molecule has 5 heteroatoms. The van der Waals surface area contributed by atoms with Crippen molar-refractivity contribution in [3.8, 4) is 0 Å². The molecule has 0 aromatic heterocycles. The molecule has 0 bridgehead atoms. The van der Waals surface area contributed by atoms with E-state index in [0.717, 1.165) is 17.8 Å². The second kappa shape index (κ2) is 8.63. The first-order valence-corrected chi connectivity index (χ1v) is 7.69. The van der Waals surface area contributed by atoms with Crippen molar-refractivity contribution >= 4 is 11.7 Å². The van der Waals surface area contributed by atoms with Gasteiger partial charge in [0.2, 0.25) is 0 Å². The number of hydrogen-bond acceptors (Lipinski definition) is 3. The first-order valence-electron chi connectivity index (χ1n) is 7.69. The van der Waals surface area contributed by atoms with Crippen LogP contribution in [0.1, 0.15) is 33.3 Å². The van der Waals surface area contributed by atoms with Crippen LogP contribution in [-0.2, 0) is 11.3 Å². The molecule has 0 aliphatic heterocycles. The molecule has 1 atom stereocenters. The van der Waals surface area contributed by atoms with Gasteiger partial charge in [-0.3, -0.25) is 0 Å². The molecule has 0 aliphatic carbocycles. The highest BCUT2D eigenvalue weighted by atomic mass is 16.5. The Kier molecular flexibility index (Phi) is 7.18. The Morgan fingerprint density at radius 2 is 1.95 bits per heavy atom. The molecule has 22 heavy (non-hydrogen) atoms. The van der Waals surface area contributed by atoms with Crippen molar-refractivity contribution in [3.63, 3.8) is 0 Å². The van der Waals surface area contributed by atoms with Gasteiger partial charge in [-0.05, 0) is 24.0 Å². The van der Waals surface area contributed by atoms with Crippen LogP contribution in [0, 0.1) is 5.41 Å². The fourth-order valence-electron chi connectivity index (χ4n) is 1.77. The lowest BCUT2D eigenvalue weighted by Gasteiger charge is -2.28. The Morgan fingerprint density at radius 3 is 2.59 bits per heavy atom. The molecular weight excluding hydrogens is 278 g/mol. The summed E-state index contributed by atoms with van der Waals surface area (Å²) in [5.41, 5.74) is 2.11. The Bertz CT molecular complexity index is 469. The minimum absolute atomic E-state index is 0.0386. The van der Waals surface area contributed by atoms with Gasteiger partial charge in [0, 0.05) is 31.9 Å². The lowest BCUT2D eigenvalue weighted by Crippen LogP contribution is -2.46. The summed E-state index contributed by atoms with van der Waals surface area (Å²) in [5, 5.41) is 9.19. The first-order chi connectivity index (χ1) is 10.3. The molecule has 0 heterocycles. The highest BCUT2D eigenvalue weighted by Gasteiger charge is 2.21. The van der Waals surface area contributed by atoms with Crippen molar-refractivity contribution in [2.45, 2.75) is 40.3 Å². The van der Waals surface area contributed by atoms with Gasteiger partial charge >= 0.3 is 6.03 Å². The van der Waals surface area contributed by atoms with Crippen molar-refractivity contribution in [2.75, 3.05) is 25.6 Å². The zero-order chi connectivity index (χ0) is 16.6. The van der Waals surface area contributed by atoms with E-state index in [1.54, 1.807) is 7.11 Å². The van der Waals surface area contributed by atoms with Crippen LogP contribution >= 0.6 is 0 Å². The van der Waals surface area contributed by atoms with Gasteiger partial charge < -0.3 is 20.7 Å². The van der Waals surface area contributed by atoms with Gasteiger partial charge in [-0.2, -0.15) is 0 Å². The van der Waals surface area contributed by atoms with Crippen LogP contribution in [0.2, 0.25) is 0 Å². The highest BCUT2D eigenvalue weighted by Crippen LogP contribution is 2.18. The van der Waals surface area contributed by atoms with E-state index in [4.69, 9.17) is 4.74 Å². The number of urea groups is 1. The predicted molar refractivity (Wildman–Crippen MR) is 91.1 cm³/mol. The molecule has 1 aromatic rings. The van der Waals surface area contributed by atoms with Gasteiger partial charge in [0.15, 0.2) is 0 Å². The van der Waals surface area contributed by atoms with Crippen molar-refractivity contribution in [2.24, 2.45) is 5.41 Å². The van der Waals surface area contributed by atoms with Gasteiger partial charge in [0.05, 0.1) is 6.61 Å². The maximum Gasteiger partial charge on any atom is 0.315 e. The van der Waals surface area contributed by atoms with Gasteiger partial charge in [0.25, 0.3) is 0 Å². The van der Waals surface area contributed by atoms with Crippen LogP contribution in [0.4, 0.5) is 10.5 Å². The molecule has 1 aromatic carbocycles. The lowest BCUT2D eigenvalue weighted by atomic mass is 9.88. The summed E-state index contributed by atoms with van der Waals surface area (Å²) in [7, 11) is 1.68. The molecule has 0 unspecified atom stereocenters. The molecule has 124 valence electrons. The average molecular weight is 307 g/mol. The number of carbonyl (C=O) groups is 1. The number of rotatable bonds is 7. The third-order valence-electron chi connectivity index (χ3n) is 3.73. The Hall–Kier alpha value is -1.75. The first kappa shape index (κ1) is 18.3. The van der Waals surface area contributed by atoms with E-state index in [1.807, 2.05) is 31.2 Å². The second-order valence-electron chi connectivity index (χ2n) is 6.49. The molecule has 3 N–H and O–H groups in total. The molecular formula is C17H29N3O2. The predicted octanol–water partition coefficient (Wildman–Crippen LogP) is 2.98.